The highest BCUT2D eigenvalue weighted by Crippen LogP contribution is 2.27. The maximum absolute atomic E-state index is 4.28. The highest BCUT2D eigenvalue weighted by Gasteiger charge is 2.22. The molecule has 0 aromatic carbocycles. The molecule has 2 aliphatic rings. The molecule has 0 aromatic rings. The van der Waals surface area contributed by atoms with Crippen molar-refractivity contribution >= 4 is 5.96 Å². The molecule has 0 bridgehead atoms. The molecular formula is C15H30N4. The van der Waals surface area contributed by atoms with E-state index in [1.807, 2.05) is 7.05 Å². The number of guanidine groups is 1. The van der Waals surface area contributed by atoms with Crippen LogP contribution in [0.25, 0.3) is 0 Å². The smallest absolute Gasteiger partial charge is 0.191 e. The maximum atomic E-state index is 4.28. The molecule has 110 valence electrons. The predicted octanol–water partition coefficient (Wildman–Crippen LogP) is 1.54. The number of nitrogens with zero attached hydrogens (tertiary/aromatic N) is 2. The first-order chi connectivity index (χ1) is 9.17. The van der Waals surface area contributed by atoms with Crippen LogP contribution in [0, 0.1) is 17.8 Å². The summed E-state index contributed by atoms with van der Waals surface area (Å²) in [5.74, 6) is 3.54. The van der Waals surface area contributed by atoms with Crippen LogP contribution in [0.4, 0.5) is 0 Å². The Morgan fingerprint density at radius 2 is 1.84 bits per heavy atom. The van der Waals surface area contributed by atoms with Gasteiger partial charge in [0, 0.05) is 39.8 Å². The Labute approximate surface area is 118 Å². The van der Waals surface area contributed by atoms with Gasteiger partial charge in [-0.15, -0.1) is 0 Å². The Bertz CT molecular complexity index is 289. The quantitative estimate of drug-likeness (QED) is 0.586. The summed E-state index contributed by atoms with van der Waals surface area (Å²) in [5, 5.41) is 6.83. The zero-order valence-electron chi connectivity index (χ0n) is 12.8. The molecule has 1 heterocycles. The summed E-state index contributed by atoms with van der Waals surface area (Å²) in [4.78, 5) is 6.86. The number of hydrogen-bond donors (Lipinski definition) is 2. The van der Waals surface area contributed by atoms with Gasteiger partial charge in [-0.2, -0.15) is 0 Å². The van der Waals surface area contributed by atoms with E-state index in [-0.39, 0.29) is 0 Å². The molecule has 19 heavy (non-hydrogen) atoms. The van der Waals surface area contributed by atoms with Gasteiger partial charge in [0.1, 0.15) is 0 Å². The first-order valence-electron chi connectivity index (χ1n) is 7.84. The molecule has 2 rings (SSSR count). The predicted molar refractivity (Wildman–Crippen MR) is 81.5 cm³/mol. The van der Waals surface area contributed by atoms with Crippen LogP contribution >= 0.6 is 0 Å². The van der Waals surface area contributed by atoms with Crippen molar-refractivity contribution in [3.8, 4) is 0 Å². The fraction of sp³-hybridized carbons (Fsp3) is 0.933. The van der Waals surface area contributed by atoms with Gasteiger partial charge in [0.2, 0.25) is 0 Å². The normalized spacial score (nSPS) is 29.3. The second kappa shape index (κ2) is 7.13. The molecule has 2 atom stereocenters. The molecule has 0 radical (unpaired) electrons. The Balaban J connectivity index is 1.61. The molecule has 1 saturated carbocycles. The number of nitrogens with one attached hydrogen (secondary N) is 2. The van der Waals surface area contributed by atoms with Crippen molar-refractivity contribution in [1.29, 1.82) is 0 Å². The minimum absolute atomic E-state index is 0.844. The lowest BCUT2D eigenvalue weighted by Crippen LogP contribution is -2.45. The minimum atomic E-state index is 0.844. The average molecular weight is 266 g/mol. The van der Waals surface area contributed by atoms with Crippen LogP contribution < -0.4 is 10.6 Å². The summed E-state index contributed by atoms with van der Waals surface area (Å²) in [6.45, 7) is 10.4. The number of rotatable bonds is 5. The molecule has 2 fully saturated rings. The topological polar surface area (TPSA) is 39.7 Å². The first kappa shape index (κ1) is 14.6. The SMILES string of the molecule is CN=C(NCCN1CC(C)CC(C)C1)NCC1CC1. The van der Waals surface area contributed by atoms with Crippen molar-refractivity contribution in [1.82, 2.24) is 15.5 Å². The summed E-state index contributed by atoms with van der Waals surface area (Å²) >= 11 is 0. The summed E-state index contributed by atoms with van der Waals surface area (Å²) in [6, 6.07) is 0. The lowest BCUT2D eigenvalue weighted by molar-refractivity contribution is 0.143. The molecule has 2 N–H and O–H groups in total. The van der Waals surface area contributed by atoms with E-state index in [1.54, 1.807) is 0 Å². The van der Waals surface area contributed by atoms with Crippen molar-refractivity contribution in [2.75, 3.05) is 39.8 Å². The largest absolute Gasteiger partial charge is 0.356 e. The van der Waals surface area contributed by atoms with E-state index < -0.39 is 0 Å². The summed E-state index contributed by atoms with van der Waals surface area (Å²) in [6.07, 6.45) is 4.15. The van der Waals surface area contributed by atoms with Crippen molar-refractivity contribution < 1.29 is 0 Å². The number of piperidine rings is 1. The standard InChI is InChI=1S/C15H30N4/c1-12-8-13(2)11-19(10-12)7-6-17-15(16-3)18-9-14-4-5-14/h12-14H,4-11H2,1-3H3,(H2,16,17,18). The van der Waals surface area contributed by atoms with Crippen LogP contribution in [-0.2, 0) is 0 Å². The van der Waals surface area contributed by atoms with Crippen molar-refractivity contribution in [2.24, 2.45) is 22.7 Å². The van der Waals surface area contributed by atoms with Gasteiger partial charge in [-0.05, 0) is 37.0 Å². The van der Waals surface area contributed by atoms with Crippen LogP contribution in [0.2, 0.25) is 0 Å². The second-order valence-corrected chi connectivity index (χ2v) is 6.53. The van der Waals surface area contributed by atoms with E-state index in [9.17, 15) is 0 Å². The molecule has 1 saturated heterocycles. The van der Waals surface area contributed by atoms with Gasteiger partial charge in [0.05, 0.1) is 0 Å². The van der Waals surface area contributed by atoms with Gasteiger partial charge >= 0.3 is 0 Å². The Morgan fingerprint density at radius 1 is 1.16 bits per heavy atom. The lowest BCUT2D eigenvalue weighted by atomic mass is 9.92. The Kier molecular flexibility index (Phi) is 5.49. The molecule has 0 aromatic heterocycles. The number of aliphatic imine (C=N–C) groups is 1. The Hall–Kier alpha value is -0.770. The van der Waals surface area contributed by atoms with Crippen molar-refractivity contribution in [3.05, 3.63) is 0 Å². The molecule has 0 amide bonds. The van der Waals surface area contributed by atoms with Gasteiger partial charge < -0.3 is 15.5 Å². The number of likely N-dealkylation sites (tertiary alicyclic amines) is 1. The van der Waals surface area contributed by atoms with Crippen LogP contribution in [0.3, 0.4) is 0 Å². The van der Waals surface area contributed by atoms with Gasteiger partial charge in [-0.25, -0.2) is 0 Å². The van der Waals surface area contributed by atoms with Gasteiger partial charge in [-0.1, -0.05) is 13.8 Å². The lowest BCUT2D eigenvalue weighted by Gasteiger charge is -2.35. The zero-order valence-corrected chi connectivity index (χ0v) is 12.8. The third-order valence-electron chi connectivity index (χ3n) is 4.14. The molecule has 0 spiro atoms. The summed E-state index contributed by atoms with van der Waals surface area (Å²) in [5.41, 5.74) is 0. The van der Waals surface area contributed by atoms with E-state index in [0.717, 1.165) is 43.3 Å². The highest BCUT2D eigenvalue weighted by atomic mass is 15.2. The van der Waals surface area contributed by atoms with E-state index in [0.29, 0.717) is 0 Å². The zero-order chi connectivity index (χ0) is 13.7. The molecular weight excluding hydrogens is 236 g/mol. The van der Waals surface area contributed by atoms with Crippen LogP contribution in [0.1, 0.15) is 33.1 Å². The van der Waals surface area contributed by atoms with Gasteiger partial charge in [0.25, 0.3) is 0 Å². The molecule has 2 unspecified atom stereocenters. The van der Waals surface area contributed by atoms with E-state index >= 15 is 0 Å². The van der Waals surface area contributed by atoms with E-state index in [1.165, 1.54) is 32.4 Å². The third kappa shape index (κ3) is 5.39. The Morgan fingerprint density at radius 3 is 2.42 bits per heavy atom. The fourth-order valence-corrected chi connectivity index (χ4v) is 3.09. The van der Waals surface area contributed by atoms with Crippen LogP contribution in [0.5, 0.6) is 0 Å². The van der Waals surface area contributed by atoms with Crippen molar-refractivity contribution in [3.63, 3.8) is 0 Å². The van der Waals surface area contributed by atoms with Crippen molar-refractivity contribution in [2.45, 2.75) is 33.1 Å². The fourth-order valence-electron chi connectivity index (χ4n) is 3.09. The summed E-state index contributed by atoms with van der Waals surface area (Å²) in [7, 11) is 1.85. The molecule has 4 heteroatoms. The second-order valence-electron chi connectivity index (χ2n) is 6.53. The molecule has 1 aliphatic carbocycles. The first-order valence-corrected chi connectivity index (χ1v) is 7.84. The van der Waals surface area contributed by atoms with Crippen LogP contribution in [-0.4, -0.2) is 50.6 Å². The highest BCUT2D eigenvalue weighted by molar-refractivity contribution is 5.79. The minimum Gasteiger partial charge on any atom is -0.356 e. The van der Waals surface area contributed by atoms with E-state index in [2.05, 4.69) is 34.4 Å². The molecule has 1 aliphatic heterocycles. The van der Waals surface area contributed by atoms with E-state index in [4.69, 9.17) is 0 Å². The maximum Gasteiger partial charge on any atom is 0.191 e. The van der Waals surface area contributed by atoms with Gasteiger partial charge in [0.15, 0.2) is 5.96 Å². The van der Waals surface area contributed by atoms with Crippen LogP contribution in [0.15, 0.2) is 4.99 Å². The monoisotopic (exact) mass is 266 g/mol. The molecule has 4 nitrogen and oxygen atoms in total. The third-order valence-corrected chi connectivity index (χ3v) is 4.14. The number of hydrogen-bond acceptors (Lipinski definition) is 2. The average Bonchev–Trinajstić information content (AvgIpc) is 3.16. The van der Waals surface area contributed by atoms with Gasteiger partial charge in [-0.3, -0.25) is 4.99 Å². The summed E-state index contributed by atoms with van der Waals surface area (Å²) < 4.78 is 0.